The van der Waals surface area contributed by atoms with E-state index in [1.165, 1.54) is 0 Å². The Kier molecular flexibility index (Phi) is 8.43. The highest BCUT2D eigenvalue weighted by Gasteiger charge is 2.12. The first-order valence-electron chi connectivity index (χ1n) is 12.2. The Labute approximate surface area is 212 Å². The fraction of sp³-hybridized carbons (Fsp3) is 0.310. The van der Waals surface area contributed by atoms with Crippen LogP contribution in [0.3, 0.4) is 0 Å². The van der Waals surface area contributed by atoms with E-state index in [4.69, 9.17) is 21.3 Å². The van der Waals surface area contributed by atoms with Crippen LogP contribution in [0.4, 0.5) is 0 Å². The van der Waals surface area contributed by atoms with Gasteiger partial charge >= 0.3 is 0 Å². The number of aromatic nitrogens is 2. The molecule has 0 saturated heterocycles. The summed E-state index contributed by atoms with van der Waals surface area (Å²) in [6.45, 7) is 5.38. The topological polar surface area (TPSA) is 56.1 Å². The number of nitrogens with one attached hydrogen (secondary N) is 1. The maximum absolute atomic E-state index is 12.2. The van der Waals surface area contributed by atoms with Gasteiger partial charge in [-0.3, -0.25) is 4.79 Å². The summed E-state index contributed by atoms with van der Waals surface area (Å²) < 4.78 is 7.95. The van der Waals surface area contributed by atoms with Crippen molar-refractivity contribution >= 4 is 28.5 Å². The molecule has 5 nitrogen and oxygen atoms in total. The second kappa shape index (κ2) is 11.9. The van der Waals surface area contributed by atoms with E-state index < -0.39 is 0 Å². The highest BCUT2D eigenvalue weighted by molar-refractivity contribution is 6.31. The van der Waals surface area contributed by atoms with E-state index in [0.717, 1.165) is 70.0 Å². The van der Waals surface area contributed by atoms with Crippen molar-refractivity contribution < 1.29 is 9.53 Å². The van der Waals surface area contributed by atoms with Crippen molar-refractivity contribution in [1.82, 2.24) is 14.9 Å². The van der Waals surface area contributed by atoms with Gasteiger partial charge in [-0.15, -0.1) is 0 Å². The monoisotopic (exact) mass is 489 g/mol. The zero-order valence-electron chi connectivity index (χ0n) is 20.4. The highest BCUT2D eigenvalue weighted by Crippen LogP contribution is 2.23. The zero-order valence-corrected chi connectivity index (χ0v) is 21.1. The number of ether oxygens (including phenoxy) is 1. The molecule has 1 heterocycles. The van der Waals surface area contributed by atoms with Gasteiger partial charge < -0.3 is 14.6 Å². The molecule has 0 atom stereocenters. The Hall–Kier alpha value is -3.31. The third-order valence-electron chi connectivity index (χ3n) is 6.12. The van der Waals surface area contributed by atoms with E-state index in [1.54, 1.807) is 0 Å². The average molecular weight is 490 g/mol. The number of carbonyl (C=O) groups is 1. The lowest BCUT2D eigenvalue weighted by Gasteiger charge is -2.11. The SMILES string of the molecule is Cc1ccc(C)c(OCC(=O)NCCCCCc2nc3ccccc3n2Cc2ccccc2Cl)c1. The highest BCUT2D eigenvalue weighted by atomic mass is 35.5. The molecule has 0 spiro atoms. The lowest BCUT2D eigenvalue weighted by atomic mass is 10.1. The molecule has 6 heteroatoms. The number of aryl methyl sites for hydroxylation is 3. The number of halogens is 1. The van der Waals surface area contributed by atoms with Crippen LogP contribution in [0.2, 0.25) is 5.02 Å². The number of benzene rings is 3. The third-order valence-corrected chi connectivity index (χ3v) is 6.49. The van der Waals surface area contributed by atoms with Crippen LogP contribution in [-0.2, 0) is 17.8 Å². The normalized spacial score (nSPS) is 11.1. The van der Waals surface area contributed by atoms with Crippen molar-refractivity contribution in [1.29, 1.82) is 0 Å². The number of hydrogen-bond acceptors (Lipinski definition) is 3. The molecule has 35 heavy (non-hydrogen) atoms. The molecule has 4 rings (SSSR count). The van der Waals surface area contributed by atoms with E-state index >= 15 is 0 Å². The van der Waals surface area contributed by atoms with Crippen LogP contribution >= 0.6 is 11.6 Å². The van der Waals surface area contributed by atoms with Crippen LogP contribution in [0.15, 0.2) is 66.7 Å². The molecule has 1 N–H and O–H groups in total. The Balaban J connectivity index is 1.25. The van der Waals surface area contributed by atoms with Crippen LogP contribution in [0, 0.1) is 13.8 Å². The van der Waals surface area contributed by atoms with E-state index in [0.29, 0.717) is 13.1 Å². The van der Waals surface area contributed by atoms with Crippen LogP contribution in [-0.4, -0.2) is 28.6 Å². The summed E-state index contributed by atoms with van der Waals surface area (Å²) in [5.74, 6) is 1.74. The van der Waals surface area contributed by atoms with E-state index in [9.17, 15) is 4.79 Å². The fourth-order valence-corrected chi connectivity index (χ4v) is 4.35. The zero-order chi connectivity index (χ0) is 24.6. The number of para-hydroxylation sites is 2. The number of amides is 1. The first-order chi connectivity index (χ1) is 17.0. The molecular formula is C29H32ClN3O2. The Bertz CT molecular complexity index is 1300. The van der Waals surface area contributed by atoms with Gasteiger partial charge in [0.1, 0.15) is 11.6 Å². The van der Waals surface area contributed by atoms with Crippen LogP contribution in [0.1, 0.15) is 41.8 Å². The van der Waals surface area contributed by atoms with Crippen molar-refractivity contribution in [3.8, 4) is 5.75 Å². The summed E-state index contributed by atoms with van der Waals surface area (Å²) in [6, 6.07) is 22.2. The molecule has 0 bridgehead atoms. The lowest BCUT2D eigenvalue weighted by Crippen LogP contribution is -2.29. The van der Waals surface area contributed by atoms with Crippen LogP contribution < -0.4 is 10.1 Å². The average Bonchev–Trinajstić information content (AvgIpc) is 3.20. The number of fused-ring (bicyclic) bond motifs is 1. The minimum atomic E-state index is -0.0903. The van der Waals surface area contributed by atoms with Crippen LogP contribution in [0.5, 0.6) is 5.75 Å². The summed E-state index contributed by atoms with van der Waals surface area (Å²) in [4.78, 5) is 17.0. The van der Waals surface area contributed by atoms with Gasteiger partial charge in [-0.2, -0.15) is 0 Å². The molecule has 1 amide bonds. The van der Waals surface area contributed by atoms with Crippen molar-refractivity contribution in [3.05, 3.63) is 94.3 Å². The molecule has 182 valence electrons. The molecule has 0 aliphatic carbocycles. The molecule has 0 radical (unpaired) electrons. The summed E-state index contributed by atoms with van der Waals surface area (Å²) in [6.07, 6.45) is 3.80. The molecule has 3 aromatic carbocycles. The van der Waals surface area contributed by atoms with Gasteiger partial charge in [-0.25, -0.2) is 4.98 Å². The summed E-state index contributed by atoms with van der Waals surface area (Å²) in [5.41, 5.74) is 5.36. The Morgan fingerprint density at radius 1 is 1.00 bits per heavy atom. The predicted molar refractivity (Wildman–Crippen MR) is 142 cm³/mol. The smallest absolute Gasteiger partial charge is 0.257 e. The maximum Gasteiger partial charge on any atom is 0.257 e. The number of imidazole rings is 1. The number of hydrogen-bond donors (Lipinski definition) is 1. The molecule has 4 aromatic rings. The first-order valence-corrected chi connectivity index (χ1v) is 12.5. The summed E-state index contributed by atoms with van der Waals surface area (Å²) in [5, 5.41) is 3.73. The van der Waals surface area contributed by atoms with Gasteiger partial charge in [-0.1, -0.05) is 60.5 Å². The number of rotatable bonds is 11. The minimum Gasteiger partial charge on any atom is -0.483 e. The number of unbranched alkanes of at least 4 members (excludes halogenated alkanes) is 2. The van der Waals surface area contributed by atoms with E-state index in [2.05, 4.69) is 28.1 Å². The largest absolute Gasteiger partial charge is 0.483 e. The standard InChI is InChI=1S/C29H32ClN3O2/c1-21-15-16-22(2)27(18-21)35-20-29(34)31-17-9-3-4-14-28-32-25-12-7-8-13-26(25)33(28)19-23-10-5-6-11-24(23)30/h5-8,10-13,15-16,18H,3-4,9,14,17,19-20H2,1-2H3,(H,31,34). The van der Waals surface area contributed by atoms with Gasteiger partial charge in [-0.05, 0) is 67.6 Å². The van der Waals surface area contributed by atoms with Gasteiger partial charge in [0.2, 0.25) is 0 Å². The Morgan fingerprint density at radius 3 is 2.66 bits per heavy atom. The molecule has 0 aliphatic heterocycles. The second-order valence-electron chi connectivity index (χ2n) is 8.91. The van der Waals surface area contributed by atoms with E-state index in [-0.39, 0.29) is 12.5 Å². The number of nitrogens with zero attached hydrogens (tertiary/aromatic N) is 2. The fourth-order valence-electron chi connectivity index (χ4n) is 4.16. The second-order valence-corrected chi connectivity index (χ2v) is 9.32. The van der Waals surface area contributed by atoms with Gasteiger partial charge in [0.05, 0.1) is 17.6 Å². The molecule has 1 aromatic heterocycles. The van der Waals surface area contributed by atoms with Crippen molar-refractivity contribution in [2.75, 3.05) is 13.2 Å². The predicted octanol–water partition coefficient (Wildman–Crippen LogP) is 6.26. The van der Waals surface area contributed by atoms with Gasteiger partial charge in [0.25, 0.3) is 5.91 Å². The third kappa shape index (κ3) is 6.64. The molecule has 0 aliphatic rings. The minimum absolute atomic E-state index is 0.0381. The first kappa shape index (κ1) is 24.8. The molecule has 0 fully saturated rings. The van der Waals surface area contributed by atoms with Crippen LogP contribution in [0.25, 0.3) is 11.0 Å². The quantitative estimate of drug-likeness (QED) is 0.253. The van der Waals surface area contributed by atoms with Crippen molar-refractivity contribution in [3.63, 3.8) is 0 Å². The maximum atomic E-state index is 12.2. The molecular weight excluding hydrogens is 458 g/mol. The van der Waals surface area contributed by atoms with Crippen molar-refractivity contribution in [2.24, 2.45) is 0 Å². The summed E-state index contributed by atoms with van der Waals surface area (Å²) >= 11 is 6.43. The number of carbonyl (C=O) groups excluding carboxylic acids is 1. The molecule has 0 unspecified atom stereocenters. The van der Waals surface area contributed by atoms with Crippen molar-refractivity contribution in [2.45, 2.75) is 46.1 Å². The van der Waals surface area contributed by atoms with E-state index in [1.807, 2.05) is 62.4 Å². The van der Waals surface area contributed by atoms with Gasteiger partial charge in [0.15, 0.2) is 6.61 Å². The Morgan fingerprint density at radius 2 is 1.80 bits per heavy atom. The summed E-state index contributed by atoms with van der Waals surface area (Å²) in [7, 11) is 0. The molecule has 0 saturated carbocycles. The van der Waals surface area contributed by atoms with Gasteiger partial charge in [0, 0.05) is 18.0 Å². The lowest BCUT2D eigenvalue weighted by molar-refractivity contribution is -0.123.